The number of aryl methyl sites for hydroxylation is 3. The van der Waals surface area contributed by atoms with Gasteiger partial charge in [0.15, 0.2) is 5.75 Å². The summed E-state index contributed by atoms with van der Waals surface area (Å²) in [5, 5.41) is 15.4. The van der Waals surface area contributed by atoms with E-state index >= 15 is 0 Å². The Labute approximate surface area is 131 Å². The molecule has 0 bridgehead atoms. The van der Waals surface area contributed by atoms with Gasteiger partial charge in [0.05, 0.1) is 20.8 Å². The number of benzene rings is 1. The van der Waals surface area contributed by atoms with Crippen LogP contribution < -0.4 is 4.74 Å². The van der Waals surface area contributed by atoms with Crippen molar-refractivity contribution < 1.29 is 9.66 Å². The first kappa shape index (κ1) is 15.5. The highest BCUT2D eigenvalue weighted by atomic mass is 79.9. The molecule has 1 heterocycles. The van der Waals surface area contributed by atoms with Gasteiger partial charge in [-0.05, 0) is 48.3 Å². The lowest BCUT2D eigenvalue weighted by Gasteiger charge is -2.09. The van der Waals surface area contributed by atoms with E-state index in [9.17, 15) is 10.1 Å². The van der Waals surface area contributed by atoms with Gasteiger partial charge in [0.1, 0.15) is 6.61 Å². The molecule has 0 aliphatic rings. The Bertz CT molecular complexity index is 682. The van der Waals surface area contributed by atoms with Crippen LogP contribution >= 0.6 is 15.9 Å². The fourth-order valence-electron chi connectivity index (χ4n) is 2.05. The van der Waals surface area contributed by atoms with Gasteiger partial charge in [-0.2, -0.15) is 5.10 Å². The molecule has 2 rings (SSSR count). The zero-order chi connectivity index (χ0) is 15.6. The van der Waals surface area contributed by atoms with Crippen molar-refractivity contribution in [2.75, 3.05) is 0 Å². The molecular weight excluding hydrogens is 338 g/mol. The first-order valence-electron chi connectivity index (χ1n) is 6.53. The third-order valence-corrected chi connectivity index (χ3v) is 4.16. The quantitative estimate of drug-likeness (QED) is 0.605. The molecule has 0 unspecified atom stereocenters. The molecule has 0 fully saturated rings. The number of nitro benzene ring substituents is 1. The largest absolute Gasteiger partial charge is 0.480 e. The van der Waals surface area contributed by atoms with Crippen LogP contribution in [0.1, 0.15) is 23.9 Å². The molecule has 0 aliphatic carbocycles. The van der Waals surface area contributed by atoms with Crippen LogP contribution in [0.5, 0.6) is 5.75 Å². The van der Waals surface area contributed by atoms with Crippen LogP contribution in [0.25, 0.3) is 0 Å². The zero-order valence-corrected chi connectivity index (χ0v) is 13.7. The number of ether oxygens (including phenoxy) is 1. The lowest BCUT2D eigenvalue weighted by molar-refractivity contribution is -0.386. The molecule has 7 heteroatoms. The highest BCUT2D eigenvalue weighted by Gasteiger charge is 2.18. The van der Waals surface area contributed by atoms with Crippen LogP contribution in [0.4, 0.5) is 5.69 Å². The molecule has 0 amide bonds. The molecule has 112 valence electrons. The van der Waals surface area contributed by atoms with Crippen molar-refractivity contribution in [2.45, 2.75) is 33.9 Å². The van der Waals surface area contributed by atoms with E-state index in [0.29, 0.717) is 6.54 Å². The number of halogens is 1. The van der Waals surface area contributed by atoms with Gasteiger partial charge in [0, 0.05) is 12.6 Å². The predicted octanol–water partition coefficient (Wildman–Crippen LogP) is 3.77. The second kappa shape index (κ2) is 6.26. The molecule has 0 N–H and O–H groups in total. The Balaban J connectivity index is 2.27. The molecule has 0 spiro atoms. The smallest absolute Gasteiger partial charge is 0.311 e. The van der Waals surface area contributed by atoms with Gasteiger partial charge in [-0.3, -0.25) is 14.8 Å². The van der Waals surface area contributed by atoms with Crippen molar-refractivity contribution in [1.82, 2.24) is 9.78 Å². The summed E-state index contributed by atoms with van der Waals surface area (Å²) in [5.74, 6) is 0.263. The minimum atomic E-state index is -0.431. The third kappa shape index (κ3) is 3.24. The normalized spacial score (nSPS) is 10.7. The Morgan fingerprint density at radius 3 is 2.76 bits per heavy atom. The number of nitrogens with zero attached hydrogens (tertiary/aromatic N) is 3. The van der Waals surface area contributed by atoms with Gasteiger partial charge in [-0.15, -0.1) is 0 Å². The summed E-state index contributed by atoms with van der Waals surface area (Å²) in [5.41, 5.74) is 2.54. The molecule has 0 radical (unpaired) electrons. The summed E-state index contributed by atoms with van der Waals surface area (Å²) >= 11 is 3.48. The zero-order valence-electron chi connectivity index (χ0n) is 12.1. The number of hydrogen-bond acceptors (Lipinski definition) is 4. The Kier molecular flexibility index (Phi) is 4.62. The number of rotatable bonds is 5. The second-order valence-corrected chi connectivity index (χ2v) is 5.47. The third-order valence-electron chi connectivity index (χ3n) is 3.13. The van der Waals surface area contributed by atoms with Crippen LogP contribution in [-0.2, 0) is 13.2 Å². The van der Waals surface area contributed by atoms with E-state index in [1.54, 1.807) is 12.1 Å². The van der Waals surface area contributed by atoms with E-state index in [0.717, 1.165) is 21.4 Å². The van der Waals surface area contributed by atoms with Crippen molar-refractivity contribution in [1.29, 1.82) is 0 Å². The lowest BCUT2D eigenvalue weighted by atomic mass is 10.2. The molecule has 0 atom stereocenters. The maximum absolute atomic E-state index is 11.1. The summed E-state index contributed by atoms with van der Waals surface area (Å²) in [7, 11) is 0. The fraction of sp³-hybridized carbons (Fsp3) is 0.357. The molecule has 0 saturated heterocycles. The van der Waals surface area contributed by atoms with Crippen LogP contribution in [-0.4, -0.2) is 14.7 Å². The van der Waals surface area contributed by atoms with Crippen molar-refractivity contribution in [2.24, 2.45) is 0 Å². The Morgan fingerprint density at radius 2 is 2.14 bits per heavy atom. The molecule has 6 nitrogen and oxygen atoms in total. The molecule has 2 aromatic rings. The number of nitro groups is 1. The van der Waals surface area contributed by atoms with Gasteiger partial charge in [-0.1, -0.05) is 6.07 Å². The summed E-state index contributed by atoms with van der Waals surface area (Å²) in [6.07, 6.45) is 0. The van der Waals surface area contributed by atoms with E-state index in [1.165, 1.54) is 6.07 Å². The maximum Gasteiger partial charge on any atom is 0.311 e. The average molecular weight is 354 g/mol. The summed E-state index contributed by atoms with van der Waals surface area (Å²) in [4.78, 5) is 10.6. The van der Waals surface area contributed by atoms with Gasteiger partial charge >= 0.3 is 5.69 Å². The van der Waals surface area contributed by atoms with E-state index in [4.69, 9.17) is 4.74 Å². The Hall–Kier alpha value is -1.89. The topological polar surface area (TPSA) is 70.2 Å². The first-order valence-corrected chi connectivity index (χ1v) is 7.33. The summed E-state index contributed by atoms with van der Waals surface area (Å²) in [6, 6.07) is 4.92. The maximum atomic E-state index is 11.1. The van der Waals surface area contributed by atoms with Crippen LogP contribution in [0.2, 0.25) is 0 Å². The molecular formula is C14H16BrN3O3. The minimum absolute atomic E-state index is 0.0228. The molecule has 1 aromatic carbocycles. The first-order chi connectivity index (χ1) is 9.93. The van der Waals surface area contributed by atoms with Crippen molar-refractivity contribution in [3.63, 3.8) is 0 Å². The van der Waals surface area contributed by atoms with Crippen LogP contribution in [0.3, 0.4) is 0 Å². The lowest BCUT2D eigenvalue weighted by Crippen LogP contribution is -2.07. The van der Waals surface area contributed by atoms with Crippen LogP contribution in [0.15, 0.2) is 22.7 Å². The van der Waals surface area contributed by atoms with E-state index in [1.807, 2.05) is 25.5 Å². The van der Waals surface area contributed by atoms with Crippen molar-refractivity contribution in [3.05, 3.63) is 49.7 Å². The Morgan fingerprint density at radius 1 is 1.43 bits per heavy atom. The average Bonchev–Trinajstić information content (AvgIpc) is 2.72. The SMILES string of the molecule is CCn1nc(C)c(Br)c1COc1ccc(C)cc1[N+](=O)[O-]. The van der Waals surface area contributed by atoms with Crippen molar-refractivity contribution >= 4 is 21.6 Å². The van der Waals surface area contributed by atoms with Gasteiger partial charge < -0.3 is 4.74 Å². The molecule has 1 aromatic heterocycles. The number of aromatic nitrogens is 2. The predicted molar refractivity (Wildman–Crippen MR) is 82.5 cm³/mol. The summed E-state index contributed by atoms with van der Waals surface area (Å²) in [6.45, 7) is 6.62. The van der Waals surface area contributed by atoms with E-state index in [2.05, 4.69) is 21.0 Å². The van der Waals surface area contributed by atoms with Crippen molar-refractivity contribution in [3.8, 4) is 5.75 Å². The van der Waals surface area contributed by atoms with E-state index < -0.39 is 4.92 Å². The summed E-state index contributed by atoms with van der Waals surface area (Å²) < 4.78 is 8.34. The highest BCUT2D eigenvalue weighted by molar-refractivity contribution is 9.10. The standard InChI is InChI=1S/C14H16BrN3O3/c1-4-17-12(14(15)10(3)16-17)8-21-13-6-5-9(2)7-11(13)18(19)20/h5-7H,4,8H2,1-3H3. The fourth-order valence-corrected chi connectivity index (χ4v) is 2.44. The van der Waals surface area contributed by atoms with Gasteiger partial charge in [0.2, 0.25) is 0 Å². The van der Waals surface area contributed by atoms with Crippen LogP contribution in [0, 0.1) is 24.0 Å². The van der Waals surface area contributed by atoms with Gasteiger partial charge in [0.25, 0.3) is 0 Å². The number of hydrogen-bond donors (Lipinski definition) is 0. The van der Waals surface area contributed by atoms with Gasteiger partial charge in [-0.25, -0.2) is 0 Å². The molecule has 0 saturated carbocycles. The molecule has 21 heavy (non-hydrogen) atoms. The minimum Gasteiger partial charge on any atom is -0.480 e. The monoisotopic (exact) mass is 353 g/mol. The van der Waals surface area contributed by atoms with E-state index in [-0.39, 0.29) is 18.0 Å². The highest BCUT2D eigenvalue weighted by Crippen LogP contribution is 2.29. The second-order valence-electron chi connectivity index (χ2n) is 4.68. The molecule has 0 aliphatic heterocycles.